The van der Waals surface area contributed by atoms with Crippen LogP contribution >= 0.6 is 0 Å². The van der Waals surface area contributed by atoms with Gasteiger partial charge in [0.05, 0.1) is 24.9 Å². The van der Waals surface area contributed by atoms with Crippen LogP contribution < -0.4 is 15.0 Å². The van der Waals surface area contributed by atoms with Crippen molar-refractivity contribution in [3.63, 3.8) is 0 Å². The second-order valence-corrected chi connectivity index (χ2v) is 7.00. The molecule has 0 radical (unpaired) electrons. The maximum atomic E-state index is 11.6. The van der Waals surface area contributed by atoms with Gasteiger partial charge in [-0.05, 0) is 42.0 Å². The van der Waals surface area contributed by atoms with Crippen LogP contribution in [-0.4, -0.2) is 42.6 Å². The number of rotatable bonds is 5. The van der Waals surface area contributed by atoms with Crippen molar-refractivity contribution in [3.05, 3.63) is 71.7 Å². The summed E-state index contributed by atoms with van der Waals surface area (Å²) in [5, 5.41) is 12.1. The molecule has 1 aliphatic heterocycles. The smallest absolute Gasteiger partial charge is 0.239 e. The molecule has 1 aliphatic rings. The molecule has 1 fully saturated rings. The zero-order chi connectivity index (χ0) is 20.9. The van der Waals surface area contributed by atoms with Gasteiger partial charge in [0.1, 0.15) is 17.6 Å². The van der Waals surface area contributed by atoms with Crippen LogP contribution in [0.1, 0.15) is 17.0 Å². The first-order chi connectivity index (χ1) is 14.7. The summed E-state index contributed by atoms with van der Waals surface area (Å²) in [5.41, 5.74) is 4.19. The van der Waals surface area contributed by atoms with Gasteiger partial charge in [0.25, 0.3) is 0 Å². The highest BCUT2D eigenvalue weighted by Gasteiger charge is 2.16. The first-order valence-corrected chi connectivity index (χ1v) is 9.67. The zero-order valence-electron chi connectivity index (χ0n) is 16.6. The number of carbonyl (C=O) groups excluding carboxylic acids is 1. The lowest BCUT2D eigenvalue weighted by Crippen LogP contribution is -2.47. The van der Waals surface area contributed by atoms with Crippen molar-refractivity contribution >= 4 is 11.6 Å². The summed E-state index contributed by atoms with van der Waals surface area (Å²) >= 11 is 0. The van der Waals surface area contributed by atoms with Crippen LogP contribution in [0.15, 0.2) is 54.7 Å². The molecular weight excluding hydrogens is 378 g/mol. The molecule has 7 heteroatoms. The van der Waals surface area contributed by atoms with Crippen LogP contribution in [0.5, 0.6) is 5.75 Å². The average molecular weight is 399 g/mol. The topological polar surface area (TPSA) is 91.1 Å². The molecule has 2 heterocycles. The number of amides is 1. The Labute approximate surface area is 175 Å². The number of piperazine rings is 1. The van der Waals surface area contributed by atoms with Gasteiger partial charge in [-0.3, -0.25) is 4.79 Å². The van der Waals surface area contributed by atoms with E-state index in [1.807, 2.05) is 36.4 Å². The van der Waals surface area contributed by atoms with E-state index in [2.05, 4.69) is 26.3 Å². The van der Waals surface area contributed by atoms with Crippen LogP contribution in [-0.2, 0) is 11.2 Å². The van der Waals surface area contributed by atoms with Crippen molar-refractivity contribution in [2.45, 2.75) is 6.42 Å². The Balaban J connectivity index is 1.51. The molecule has 0 saturated carbocycles. The van der Waals surface area contributed by atoms with Crippen LogP contribution in [0, 0.1) is 11.3 Å². The van der Waals surface area contributed by atoms with Crippen LogP contribution in [0.3, 0.4) is 0 Å². The highest BCUT2D eigenvalue weighted by atomic mass is 16.5. The molecule has 0 spiro atoms. The zero-order valence-corrected chi connectivity index (χ0v) is 16.6. The fraction of sp³-hybridized carbons (Fsp3) is 0.217. The molecule has 4 rings (SSSR count). The lowest BCUT2D eigenvalue weighted by atomic mass is 10.1. The summed E-state index contributed by atoms with van der Waals surface area (Å²) in [5.74, 6) is 1.29. The molecule has 30 heavy (non-hydrogen) atoms. The van der Waals surface area contributed by atoms with Crippen molar-refractivity contribution in [1.29, 1.82) is 5.26 Å². The van der Waals surface area contributed by atoms with Gasteiger partial charge in [0.2, 0.25) is 5.91 Å². The van der Waals surface area contributed by atoms with E-state index in [1.54, 1.807) is 25.4 Å². The van der Waals surface area contributed by atoms with Crippen LogP contribution in [0.25, 0.3) is 11.3 Å². The molecule has 0 bridgehead atoms. The minimum atomic E-state index is 0.0497. The minimum Gasteiger partial charge on any atom is -0.495 e. The number of aromatic nitrogens is 2. The van der Waals surface area contributed by atoms with Gasteiger partial charge in [-0.15, -0.1) is 0 Å². The molecule has 2 aromatic carbocycles. The van der Waals surface area contributed by atoms with Gasteiger partial charge in [-0.25, -0.2) is 9.97 Å². The van der Waals surface area contributed by atoms with Crippen molar-refractivity contribution in [2.75, 3.05) is 31.6 Å². The number of hydrogen-bond acceptors (Lipinski definition) is 6. The summed E-state index contributed by atoms with van der Waals surface area (Å²) in [6.07, 6.45) is 2.32. The summed E-state index contributed by atoms with van der Waals surface area (Å²) in [6, 6.07) is 17.5. The quantitative estimate of drug-likeness (QED) is 0.709. The average Bonchev–Trinajstić information content (AvgIpc) is 2.79. The Hall–Kier alpha value is -3.92. The van der Waals surface area contributed by atoms with E-state index in [0.717, 1.165) is 29.1 Å². The van der Waals surface area contributed by atoms with Gasteiger partial charge in [0.15, 0.2) is 0 Å². The Morgan fingerprint density at radius 1 is 1.20 bits per heavy atom. The van der Waals surface area contributed by atoms with Gasteiger partial charge >= 0.3 is 0 Å². The predicted molar refractivity (Wildman–Crippen MR) is 113 cm³/mol. The molecule has 0 atom stereocenters. The highest BCUT2D eigenvalue weighted by molar-refractivity contribution is 5.82. The second kappa shape index (κ2) is 8.62. The van der Waals surface area contributed by atoms with Crippen molar-refractivity contribution in [2.24, 2.45) is 0 Å². The normalized spacial score (nSPS) is 13.5. The number of methoxy groups -OCH3 is 1. The van der Waals surface area contributed by atoms with Gasteiger partial charge in [-0.2, -0.15) is 5.26 Å². The monoisotopic (exact) mass is 399 g/mol. The predicted octanol–water partition coefficient (Wildman–Crippen LogP) is 2.55. The highest BCUT2D eigenvalue weighted by Crippen LogP contribution is 2.25. The molecule has 1 saturated heterocycles. The summed E-state index contributed by atoms with van der Waals surface area (Å²) in [7, 11) is 1.55. The third-order valence-corrected chi connectivity index (χ3v) is 5.02. The molecule has 150 valence electrons. The fourth-order valence-electron chi connectivity index (χ4n) is 3.47. The number of carbonyl (C=O) groups is 1. The van der Waals surface area contributed by atoms with Crippen molar-refractivity contribution < 1.29 is 9.53 Å². The van der Waals surface area contributed by atoms with E-state index in [1.165, 1.54) is 0 Å². The van der Waals surface area contributed by atoms with Gasteiger partial charge in [0, 0.05) is 37.0 Å². The van der Waals surface area contributed by atoms with Crippen LogP contribution in [0.4, 0.5) is 5.69 Å². The second-order valence-electron chi connectivity index (χ2n) is 7.00. The maximum Gasteiger partial charge on any atom is 0.239 e. The molecule has 1 aromatic heterocycles. The number of ether oxygens (including phenoxy) is 1. The SMILES string of the molecule is COc1ccc(-c2ccnc(Cc3ccc(N4CCNC(=O)C4)cc3)n2)cc1C#N. The van der Waals surface area contributed by atoms with E-state index < -0.39 is 0 Å². The third kappa shape index (κ3) is 4.23. The maximum absolute atomic E-state index is 11.6. The summed E-state index contributed by atoms with van der Waals surface area (Å²) < 4.78 is 5.21. The number of nitrogens with one attached hydrogen (secondary N) is 1. The Kier molecular flexibility index (Phi) is 5.57. The largest absolute Gasteiger partial charge is 0.495 e. The van der Waals surface area contributed by atoms with Gasteiger partial charge < -0.3 is 15.0 Å². The van der Waals surface area contributed by atoms with Crippen molar-refractivity contribution in [1.82, 2.24) is 15.3 Å². The first kappa shape index (κ1) is 19.4. The number of nitrogens with zero attached hydrogens (tertiary/aromatic N) is 4. The number of hydrogen-bond donors (Lipinski definition) is 1. The number of anilines is 1. The summed E-state index contributed by atoms with van der Waals surface area (Å²) in [4.78, 5) is 22.7. The van der Waals surface area contributed by atoms with Crippen LogP contribution in [0.2, 0.25) is 0 Å². The lowest BCUT2D eigenvalue weighted by molar-refractivity contribution is -0.120. The molecule has 0 unspecified atom stereocenters. The van der Waals surface area contributed by atoms with E-state index in [9.17, 15) is 10.1 Å². The van der Waals surface area contributed by atoms with Crippen molar-refractivity contribution in [3.8, 4) is 23.1 Å². The molecule has 0 aliphatic carbocycles. The minimum absolute atomic E-state index is 0.0497. The molecule has 1 N–H and O–H groups in total. The Morgan fingerprint density at radius 3 is 2.77 bits per heavy atom. The molecule has 3 aromatic rings. The van der Waals surface area contributed by atoms with Gasteiger partial charge in [-0.1, -0.05) is 12.1 Å². The van der Waals surface area contributed by atoms with E-state index >= 15 is 0 Å². The molecular formula is C23H21N5O2. The molecule has 1 amide bonds. The third-order valence-electron chi connectivity index (χ3n) is 5.02. The van der Waals surface area contributed by atoms with E-state index in [0.29, 0.717) is 36.6 Å². The lowest BCUT2D eigenvalue weighted by Gasteiger charge is -2.28. The van der Waals surface area contributed by atoms with E-state index in [-0.39, 0.29) is 5.91 Å². The fourth-order valence-corrected chi connectivity index (χ4v) is 3.47. The van der Waals surface area contributed by atoms with E-state index in [4.69, 9.17) is 4.74 Å². The number of nitriles is 1. The summed E-state index contributed by atoms with van der Waals surface area (Å²) in [6.45, 7) is 1.86. The number of benzene rings is 2. The standard InChI is InChI=1S/C23H21N5O2/c1-30-21-7-4-17(13-18(21)14-24)20-8-9-25-22(27-20)12-16-2-5-19(6-3-16)28-11-10-26-23(29)15-28/h2-9,13H,10-12,15H2,1H3,(H,26,29). The first-order valence-electron chi connectivity index (χ1n) is 9.67. The Bertz CT molecular complexity index is 1110. The Morgan fingerprint density at radius 2 is 2.03 bits per heavy atom. The molecule has 7 nitrogen and oxygen atoms in total.